The van der Waals surface area contributed by atoms with Crippen molar-refractivity contribution in [3.8, 4) is 11.3 Å². The van der Waals surface area contributed by atoms with Crippen LogP contribution < -0.4 is 4.90 Å². The Hall–Kier alpha value is -2.44. The van der Waals surface area contributed by atoms with Gasteiger partial charge in [0, 0.05) is 37.4 Å². The predicted molar refractivity (Wildman–Crippen MR) is 113 cm³/mol. The van der Waals surface area contributed by atoms with E-state index in [1.54, 1.807) is 12.1 Å². The van der Waals surface area contributed by atoms with Crippen molar-refractivity contribution in [2.24, 2.45) is 0 Å². The SMILES string of the molecule is Cc1ccc(N2CCN(Cc3ccc(-c4ccc(Cl)c(C(F)(F)F)c4)o3)CC2)cc1. The number of aryl methyl sites for hydroxylation is 1. The molecular formula is C23H22ClF3N2O. The molecule has 1 aliphatic rings. The molecule has 1 aliphatic heterocycles. The zero-order valence-electron chi connectivity index (χ0n) is 16.5. The number of nitrogens with zero attached hydrogens (tertiary/aromatic N) is 2. The molecule has 3 aromatic rings. The summed E-state index contributed by atoms with van der Waals surface area (Å²) in [5.41, 5.74) is 1.98. The Kier molecular flexibility index (Phi) is 5.80. The van der Waals surface area contributed by atoms with E-state index in [0.717, 1.165) is 38.0 Å². The van der Waals surface area contributed by atoms with E-state index in [4.69, 9.17) is 16.0 Å². The number of piperazine rings is 1. The minimum Gasteiger partial charge on any atom is -0.460 e. The Morgan fingerprint density at radius 1 is 0.933 bits per heavy atom. The summed E-state index contributed by atoms with van der Waals surface area (Å²) in [4.78, 5) is 4.65. The molecule has 0 unspecified atom stereocenters. The van der Waals surface area contributed by atoms with Crippen LogP contribution >= 0.6 is 11.6 Å². The van der Waals surface area contributed by atoms with Gasteiger partial charge in [0.25, 0.3) is 0 Å². The Morgan fingerprint density at radius 2 is 1.63 bits per heavy atom. The number of hydrogen-bond acceptors (Lipinski definition) is 3. The van der Waals surface area contributed by atoms with Crippen molar-refractivity contribution in [1.29, 1.82) is 0 Å². The van der Waals surface area contributed by atoms with E-state index in [1.807, 2.05) is 6.07 Å². The molecule has 4 rings (SSSR count). The van der Waals surface area contributed by atoms with Crippen molar-refractivity contribution >= 4 is 17.3 Å². The second kappa shape index (κ2) is 8.36. The summed E-state index contributed by atoms with van der Waals surface area (Å²) in [5.74, 6) is 1.14. The van der Waals surface area contributed by atoms with E-state index in [-0.39, 0.29) is 5.02 Å². The van der Waals surface area contributed by atoms with Crippen LogP contribution in [-0.4, -0.2) is 31.1 Å². The first-order valence-electron chi connectivity index (χ1n) is 9.79. The lowest BCUT2D eigenvalue weighted by molar-refractivity contribution is -0.137. The number of furan rings is 1. The molecule has 0 N–H and O–H groups in total. The standard InChI is InChI=1S/C23H22ClF3N2O/c1-16-2-5-18(6-3-16)29-12-10-28(11-13-29)15-19-7-9-22(30-19)17-4-8-21(24)20(14-17)23(25,26)27/h2-9,14H,10-13,15H2,1H3. The molecule has 3 nitrogen and oxygen atoms in total. The molecule has 1 aromatic heterocycles. The molecule has 0 amide bonds. The molecule has 0 aliphatic carbocycles. The van der Waals surface area contributed by atoms with Gasteiger partial charge in [-0.15, -0.1) is 0 Å². The van der Waals surface area contributed by atoms with Gasteiger partial charge in [-0.1, -0.05) is 29.3 Å². The first-order valence-corrected chi connectivity index (χ1v) is 10.2. The highest BCUT2D eigenvalue weighted by atomic mass is 35.5. The molecule has 158 valence electrons. The quantitative estimate of drug-likeness (QED) is 0.484. The van der Waals surface area contributed by atoms with Gasteiger partial charge >= 0.3 is 6.18 Å². The third-order valence-electron chi connectivity index (χ3n) is 5.37. The Bertz CT molecular complexity index is 1010. The van der Waals surface area contributed by atoms with Crippen LogP contribution in [-0.2, 0) is 12.7 Å². The third kappa shape index (κ3) is 4.65. The minimum atomic E-state index is -4.50. The second-order valence-electron chi connectivity index (χ2n) is 7.56. The molecule has 1 saturated heterocycles. The Balaban J connectivity index is 1.39. The maximum Gasteiger partial charge on any atom is 0.417 e. The molecule has 2 heterocycles. The van der Waals surface area contributed by atoms with Crippen molar-refractivity contribution < 1.29 is 17.6 Å². The summed E-state index contributed by atoms with van der Waals surface area (Å²) in [6.07, 6.45) is -4.50. The second-order valence-corrected chi connectivity index (χ2v) is 7.96. The van der Waals surface area contributed by atoms with Crippen molar-refractivity contribution in [2.75, 3.05) is 31.1 Å². The van der Waals surface area contributed by atoms with Gasteiger partial charge in [-0.25, -0.2) is 0 Å². The fourth-order valence-corrected chi connectivity index (χ4v) is 3.88. The van der Waals surface area contributed by atoms with Gasteiger partial charge in [0.15, 0.2) is 0 Å². The van der Waals surface area contributed by atoms with Crippen LogP contribution in [0.15, 0.2) is 59.0 Å². The molecule has 0 bridgehead atoms. The minimum absolute atomic E-state index is 0.315. The molecular weight excluding hydrogens is 413 g/mol. The van der Waals surface area contributed by atoms with Gasteiger partial charge in [-0.3, -0.25) is 4.90 Å². The first-order chi connectivity index (χ1) is 14.3. The first kappa shape index (κ1) is 20.8. The van der Waals surface area contributed by atoms with Crippen molar-refractivity contribution in [3.63, 3.8) is 0 Å². The van der Waals surface area contributed by atoms with E-state index in [1.165, 1.54) is 17.3 Å². The van der Waals surface area contributed by atoms with Crippen LogP contribution in [0.25, 0.3) is 11.3 Å². The lowest BCUT2D eigenvalue weighted by atomic mass is 10.1. The van der Waals surface area contributed by atoms with Gasteiger partial charge in [0.1, 0.15) is 11.5 Å². The van der Waals surface area contributed by atoms with Crippen LogP contribution in [0.3, 0.4) is 0 Å². The van der Waals surface area contributed by atoms with E-state index in [0.29, 0.717) is 17.9 Å². The molecule has 0 saturated carbocycles. The van der Waals surface area contributed by atoms with Crippen molar-refractivity contribution in [1.82, 2.24) is 4.90 Å². The molecule has 2 aromatic carbocycles. The third-order valence-corrected chi connectivity index (χ3v) is 5.70. The maximum absolute atomic E-state index is 13.1. The van der Waals surface area contributed by atoms with Crippen molar-refractivity contribution in [2.45, 2.75) is 19.6 Å². The molecule has 1 fully saturated rings. The van der Waals surface area contributed by atoms with Gasteiger partial charge in [0.05, 0.1) is 17.1 Å². The van der Waals surface area contributed by atoms with Crippen LogP contribution in [0, 0.1) is 6.92 Å². The summed E-state index contributed by atoms with van der Waals surface area (Å²) in [6.45, 7) is 6.33. The number of rotatable bonds is 4. The molecule has 0 spiro atoms. The topological polar surface area (TPSA) is 19.6 Å². The lowest BCUT2D eigenvalue weighted by Crippen LogP contribution is -2.45. The molecule has 0 atom stereocenters. The smallest absolute Gasteiger partial charge is 0.417 e. The highest BCUT2D eigenvalue weighted by molar-refractivity contribution is 6.31. The van der Waals surface area contributed by atoms with Crippen LogP contribution in [0.4, 0.5) is 18.9 Å². The fraction of sp³-hybridized carbons (Fsp3) is 0.304. The van der Waals surface area contributed by atoms with E-state index < -0.39 is 11.7 Å². The van der Waals surface area contributed by atoms with Gasteiger partial charge < -0.3 is 9.32 Å². The number of alkyl halides is 3. The lowest BCUT2D eigenvalue weighted by Gasteiger charge is -2.35. The zero-order chi connectivity index (χ0) is 21.3. The number of anilines is 1. The van der Waals surface area contributed by atoms with E-state index in [2.05, 4.69) is 41.0 Å². The maximum atomic E-state index is 13.1. The molecule has 7 heteroatoms. The monoisotopic (exact) mass is 434 g/mol. The van der Waals surface area contributed by atoms with Crippen LogP contribution in [0.1, 0.15) is 16.9 Å². The molecule has 0 radical (unpaired) electrons. The average molecular weight is 435 g/mol. The predicted octanol–water partition coefficient (Wildman–Crippen LogP) is 6.25. The summed E-state index contributed by atoms with van der Waals surface area (Å²) in [6, 6.07) is 15.9. The molecule has 30 heavy (non-hydrogen) atoms. The number of halogens is 4. The Labute approximate surface area is 178 Å². The Morgan fingerprint density at radius 3 is 2.30 bits per heavy atom. The summed E-state index contributed by atoms with van der Waals surface area (Å²) < 4.78 is 45.2. The van der Waals surface area contributed by atoms with Crippen LogP contribution in [0.2, 0.25) is 5.02 Å². The average Bonchev–Trinajstić information content (AvgIpc) is 3.17. The largest absolute Gasteiger partial charge is 0.460 e. The summed E-state index contributed by atoms with van der Waals surface area (Å²) in [5, 5.41) is -0.315. The zero-order valence-corrected chi connectivity index (χ0v) is 17.3. The van der Waals surface area contributed by atoms with Gasteiger partial charge in [0.2, 0.25) is 0 Å². The van der Waals surface area contributed by atoms with Crippen molar-refractivity contribution in [3.05, 3.63) is 76.5 Å². The van der Waals surface area contributed by atoms with E-state index >= 15 is 0 Å². The number of benzene rings is 2. The van der Waals surface area contributed by atoms with Gasteiger partial charge in [-0.05, 0) is 49.4 Å². The normalized spacial score (nSPS) is 15.6. The van der Waals surface area contributed by atoms with Gasteiger partial charge in [-0.2, -0.15) is 13.2 Å². The highest BCUT2D eigenvalue weighted by Gasteiger charge is 2.33. The summed E-state index contributed by atoms with van der Waals surface area (Å²) in [7, 11) is 0. The summed E-state index contributed by atoms with van der Waals surface area (Å²) >= 11 is 5.70. The fourth-order valence-electron chi connectivity index (χ4n) is 3.65. The van der Waals surface area contributed by atoms with E-state index in [9.17, 15) is 13.2 Å². The highest BCUT2D eigenvalue weighted by Crippen LogP contribution is 2.37. The van der Waals surface area contributed by atoms with Crippen LogP contribution in [0.5, 0.6) is 0 Å². The number of hydrogen-bond donors (Lipinski definition) is 0.